The Morgan fingerprint density at radius 3 is 2.46 bits per heavy atom. The van der Waals surface area contributed by atoms with Crippen LogP contribution < -0.4 is 9.47 Å². The van der Waals surface area contributed by atoms with Crippen molar-refractivity contribution in [3.8, 4) is 11.5 Å². The van der Waals surface area contributed by atoms with E-state index in [9.17, 15) is 13.2 Å². The van der Waals surface area contributed by atoms with Crippen LogP contribution in [0, 0.1) is 13.8 Å². The summed E-state index contributed by atoms with van der Waals surface area (Å²) >= 11 is 1.26. The van der Waals surface area contributed by atoms with Crippen molar-refractivity contribution in [1.29, 1.82) is 0 Å². The summed E-state index contributed by atoms with van der Waals surface area (Å²) in [6.07, 6.45) is 2.02. The number of aryl methyl sites for hydroxylation is 2. The van der Waals surface area contributed by atoms with Gasteiger partial charge in [0.1, 0.15) is 11.5 Å². The van der Waals surface area contributed by atoms with Gasteiger partial charge in [-0.3, -0.25) is 9.78 Å². The number of aromatic nitrogens is 3. The molecule has 2 aromatic heterocycles. The van der Waals surface area contributed by atoms with Gasteiger partial charge in [-0.15, -0.1) is 0 Å². The fraction of sp³-hybridized carbons (Fsp3) is 0.269. The lowest BCUT2D eigenvalue weighted by Crippen LogP contribution is -2.14. The number of ether oxygens (including phenoxy) is 2. The summed E-state index contributed by atoms with van der Waals surface area (Å²) in [5, 5.41) is 9.21. The predicted molar refractivity (Wildman–Crippen MR) is 141 cm³/mol. The van der Waals surface area contributed by atoms with E-state index in [2.05, 4.69) is 9.97 Å². The van der Waals surface area contributed by atoms with Gasteiger partial charge < -0.3 is 14.6 Å². The molecule has 4 aromatic rings. The first-order valence-electron chi connectivity index (χ1n) is 11.4. The zero-order valence-electron chi connectivity index (χ0n) is 20.9. The molecule has 0 unspecified atom stereocenters. The van der Waals surface area contributed by atoms with Crippen molar-refractivity contribution in [3.05, 3.63) is 71.0 Å². The first-order chi connectivity index (χ1) is 17.6. The largest absolute Gasteiger partial charge is 0.497 e. The number of aliphatic carboxylic acids is 1. The molecule has 1 N–H and O–H groups in total. The molecule has 0 aliphatic heterocycles. The Bertz CT molecular complexity index is 1560. The summed E-state index contributed by atoms with van der Waals surface area (Å²) < 4.78 is 39.7. The highest BCUT2D eigenvalue weighted by atomic mass is 32.2. The quantitative estimate of drug-likeness (QED) is 0.287. The van der Waals surface area contributed by atoms with Crippen LogP contribution in [0.5, 0.6) is 11.5 Å². The molecular weight excluding hydrogens is 514 g/mol. The van der Waals surface area contributed by atoms with Crippen LogP contribution in [-0.2, 0) is 27.0 Å². The highest BCUT2D eigenvalue weighted by Gasteiger charge is 2.25. The van der Waals surface area contributed by atoms with Gasteiger partial charge in [0.05, 0.1) is 35.8 Å². The standard InChI is InChI=1S/C26H27N3O6S2/c1-16-14-27-22(17(2)25(16)35-4)15-36-26-28-21-13-19(34-3)8-11-23(21)29(26)37(32,33)20-9-5-18(6-10-20)7-12-24(30)31/h5-6,8-11,13-14H,7,12,15H2,1-4H3,(H,30,31). The maximum atomic E-state index is 13.8. The Morgan fingerprint density at radius 2 is 1.81 bits per heavy atom. The van der Waals surface area contributed by atoms with E-state index in [1.54, 1.807) is 43.6 Å². The second-order valence-electron chi connectivity index (χ2n) is 8.39. The van der Waals surface area contributed by atoms with E-state index in [4.69, 9.17) is 14.6 Å². The third-order valence-electron chi connectivity index (χ3n) is 5.97. The SMILES string of the molecule is COc1ccc2c(c1)nc(SCc1ncc(C)c(OC)c1C)n2S(=O)(=O)c1ccc(CCC(=O)O)cc1. The number of carbonyl (C=O) groups is 1. The third kappa shape index (κ3) is 5.42. The van der Waals surface area contributed by atoms with Crippen LogP contribution in [0.4, 0.5) is 0 Å². The van der Waals surface area contributed by atoms with E-state index >= 15 is 0 Å². The van der Waals surface area contributed by atoms with Gasteiger partial charge in [-0.1, -0.05) is 23.9 Å². The van der Waals surface area contributed by atoms with Gasteiger partial charge in [0, 0.05) is 35.6 Å². The molecule has 2 aromatic carbocycles. The number of nitrogens with zero attached hydrogens (tertiary/aromatic N) is 3. The predicted octanol–water partition coefficient (Wildman–Crippen LogP) is 4.61. The smallest absolute Gasteiger partial charge is 0.303 e. The summed E-state index contributed by atoms with van der Waals surface area (Å²) in [6.45, 7) is 3.84. The molecule has 0 amide bonds. The summed E-state index contributed by atoms with van der Waals surface area (Å²) in [4.78, 5) is 20.1. The molecule has 9 nitrogen and oxygen atoms in total. The van der Waals surface area contributed by atoms with E-state index in [0.717, 1.165) is 28.1 Å². The zero-order valence-corrected chi connectivity index (χ0v) is 22.5. The van der Waals surface area contributed by atoms with E-state index in [0.29, 0.717) is 34.1 Å². The maximum Gasteiger partial charge on any atom is 0.303 e. The van der Waals surface area contributed by atoms with Crippen LogP contribution >= 0.6 is 11.8 Å². The van der Waals surface area contributed by atoms with Crippen LogP contribution in [0.15, 0.2) is 58.7 Å². The molecule has 4 rings (SSSR count). The number of pyridine rings is 1. The highest BCUT2D eigenvalue weighted by Crippen LogP contribution is 2.34. The van der Waals surface area contributed by atoms with Crippen LogP contribution in [-0.4, -0.2) is 47.7 Å². The minimum atomic E-state index is -4.02. The molecular formula is C26H27N3O6S2. The molecule has 37 heavy (non-hydrogen) atoms. The van der Waals surface area contributed by atoms with Crippen molar-refractivity contribution >= 4 is 38.8 Å². The molecule has 0 fully saturated rings. The van der Waals surface area contributed by atoms with Crippen molar-refractivity contribution < 1.29 is 27.8 Å². The van der Waals surface area contributed by atoms with Crippen LogP contribution in [0.1, 0.15) is 28.8 Å². The fourth-order valence-corrected chi connectivity index (χ4v) is 6.74. The molecule has 0 bridgehead atoms. The van der Waals surface area contributed by atoms with Crippen molar-refractivity contribution in [2.75, 3.05) is 14.2 Å². The van der Waals surface area contributed by atoms with Gasteiger partial charge >= 0.3 is 5.97 Å². The van der Waals surface area contributed by atoms with Gasteiger partial charge in [-0.05, 0) is 50.1 Å². The second-order valence-corrected chi connectivity index (χ2v) is 11.1. The van der Waals surface area contributed by atoms with E-state index in [-0.39, 0.29) is 11.3 Å². The highest BCUT2D eigenvalue weighted by molar-refractivity contribution is 7.99. The van der Waals surface area contributed by atoms with E-state index in [1.807, 2.05) is 13.8 Å². The Hall–Kier alpha value is -3.57. The Morgan fingerprint density at radius 1 is 1.08 bits per heavy atom. The number of carboxylic acid groups (broad SMARTS) is 1. The maximum absolute atomic E-state index is 13.8. The minimum absolute atomic E-state index is 0.0296. The van der Waals surface area contributed by atoms with Crippen LogP contribution in [0.25, 0.3) is 11.0 Å². The lowest BCUT2D eigenvalue weighted by Gasteiger charge is -2.13. The first kappa shape index (κ1) is 26.5. The van der Waals surface area contributed by atoms with E-state index < -0.39 is 16.0 Å². The van der Waals surface area contributed by atoms with Crippen molar-refractivity contribution in [1.82, 2.24) is 13.9 Å². The monoisotopic (exact) mass is 541 g/mol. The number of imidazole rings is 1. The average Bonchev–Trinajstić information content (AvgIpc) is 3.25. The van der Waals surface area contributed by atoms with Crippen molar-refractivity contribution in [2.24, 2.45) is 0 Å². The molecule has 0 aliphatic carbocycles. The fourth-order valence-electron chi connectivity index (χ4n) is 4.00. The summed E-state index contributed by atoms with van der Waals surface area (Å²) in [7, 11) is -0.876. The number of hydrogen-bond acceptors (Lipinski definition) is 8. The third-order valence-corrected chi connectivity index (χ3v) is 8.75. The molecule has 0 spiro atoms. The topological polar surface area (TPSA) is 121 Å². The van der Waals surface area contributed by atoms with Gasteiger partial charge in [0.15, 0.2) is 5.16 Å². The molecule has 0 saturated carbocycles. The average molecular weight is 542 g/mol. The summed E-state index contributed by atoms with van der Waals surface area (Å²) in [6, 6.07) is 11.3. The molecule has 0 aliphatic rings. The number of fused-ring (bicyclic) bond motifs is 1. The molecule has 0 atom stereocenters. The first-order valence-corrected chi connectivity index (χ1v) is 13.8. The molecule has 0 radical (unpaired) electrons. The van der Waals surface area contributed by atoms with Crippen LogP contribution in [0.2, 0.25) is 0 Å². The number of carboxylic acids is 1. The van der Waals surface area contributed by atoms with Gasteiger partial charge in [0.2, 0.25) is 0 Å². The van der Waals surface area contributed by atoms with Crippen LogP contribution in [0.3, 0.4) is 0 Å². The Kier molecular flexibility index (Phi) is 7.74. The van der Waals surface area contributed by atoms with Gasteiger partial charge in [-0.2, -0.15) is 0 Å². The zero-order chi connectivity index (χ0) is 26.7. The second kappa shape index (κ2) is 10.8. The number of hydrogen-bond donors (Lipinski definition) is 1. The number of rotatable bonds is 10. The van der Waals surface area contributed by atoms with E-state index in [1.165, 1.54) is 35.0 Å². The number of thioether (sulfide) groups is 1. The lowest BCUT2D eigenvalue weighted by molar-refractivity contribution is -0.136. The normalized spacial score (nSPS) is 11.6. The molecule has 194 valence electrons. The molecule has 11 heteroatoms. The molecule has 0 saturated heterocycles. The number of benzene rings is 2. The minimum Gasteiger partial charge on any atom is -0.497 e. The van der Waals surface area contributed by atoms with Crippen molar-refractivity contribution in [3.63, 3.8) is 0 Å². The Balaban J connectivity index is 1.75. The Labute approximate surface area is 219 Å². The number of methoxy groups -OCH3 is 2. The van der Waals surface area contributed by atoms with Crippen molar-refractivity contribution in [2.45, 2.75) is 42.5 Å². The summed E-state index contributed by atoms with van der Waals surface area (Å²) in [5.41, 5.74) is 4.22. The summed E-state index contributed by atoms with van der Waals surface area (Å²) in [5.74, 6) is 0.788. The lowest BCUT2D eigenvalue weighted by atomic mass is 10.1. The molecule has 2 heterocycles. The van der Waals surface area contributed by atoms with Gasteiger partial charge in [-0.25, -0.2) is 17.4 Å². The van der Waals surface area contributed by atoms with Gasteiger partial charge in [0.25, 0.3) is 10.0 Å².